The lowest BCUT2D eigenvalue weighted by atomic mass is 10.2. The molecule has 0 saturated heterocycles. The number of hydrogen-bond acceptors (Lipinski definition) is 5. The molecule has 124 valence electrons. The van der Waals surface area contributed by atoms with Crippen LogP contribution in [0.25, 0.3) is 11.4 Å². The smallest absolute Gasteiger partial charge is 0.230 e. The Morgan fingerprint density at radius 1 is 1.48 bits per heavy atom. The van der Waals surface area contributed by atoms with E-state index in [-0.39, 0.29) is 11.7 Å². The highest BCUT2D eigenvalue weighted by molar-refractivity contribution is 7.99. The minimum Gasteiger partial charge on any atom is -0.496 e. The van der Waals surface area contributed by atoms with Gasteiger partial charge in [0, 0.05) is 11.6 Å². The van der Waals surface area contributed by atoms with Crippen LogP contribution in [0.5, 0.6) is 5.75 Å². The fraction of sp³-hybridized carbons (Fsp3) is 0.400. The summed E-state index contributed by atoms with van der Waals surface area (Å²) in [6.45, 7) is 2.79. The molecule has 0 bridgehead atoms. The number of carbonyl (C=O) groups excluding carboxylic acids is 1. The van der Waals surface area contributed by atoms with E-state index in [1.54, 1.807) is 25.3 Å². The lowest BCUT2D eigenvalue weighted by Crippen LogP contribution is -2.26. The number of aromatic amines is 1. The van der Waals surface area contributed by atoms with Gasteiger partial charge in [0.25, 0.3) is 0 Å². The van der Waals surface area contributed by atoms with Crippen LogP contribution in [-0.2, 0) is 4.79 Å². The van der Waals surface area contributed by atoms with Gasteiger partial charge in [-0.25, -0.2) is 4.98 Å². The summed E-state index contributed by atoms with van der Waals surface area (Å²) in [5.74, 6) is 1.47. The first-order chi connectivity index (χ1) is 11.1. The fourth-order valence-corrected chi connectivity index (χ4v) is 2.68. The van der Waals surface area contributed by atoms with Crippen molar-refractivity contribution >= 4 is 29.3 Å². The number of ether oxygens (including phenoxy) is 1. The summed E-state index contributed by atoms with van der Waals surface area (Å²) in [7, 11) is 1.58. The van der Waals surface area contributed by atoms with Crippen molar-refractivity contribution in [3.8, 4) is 17.1 Å². The van der Waals surface area contributed by atoms with Crippen LogP contribution in [0.2, 0.25) is 5.02 Å². The molecule has 0 aliphatic carbocycles. The second-order valence-corrected chi connectivity index (χ2v) is 6.18. The molecule has 1 aromatic heterocycles. The molecule has 0 radical (unpaired) electrons. The highest BCUT2D eigenvalue weighted by atomic mass is 35.5. The van der Waals surface area contributed by atoms with Crippen molar-refractivity contribution < 1.29 is 9.53 Å². The number of H-pyrrole nitrogens is 1. The normalized spacial score (nSPS) is 10.6. The number of carbonyl (C=O) groups is 1. The molecule has 0 spiro atoms. The maximum atomic E-state index is 11.7. The maximum absolute atomic E-state index is 11.7. The zero-order valence-electron chi connectivity index (χ0n) is 13.1. The molecule has 2 aromatic rings. The van der Waals surface area contributed by atoms with E-state index in [0.717, 1.165) is 18.4 Å². The highest BCUT2D eigenvalue weighted by Crippen LogP contribution is 2.31. The molecule has 1 aromatic carbocycles. The van der Waals surface area contributed by atoms with E-state index in [0.29, 0.717) is 28.3 Å². The second-order valence-electron chi connectivity index (χ2n) is 4.80. The lowest BCUT2D eigenvalue weighted by molar-refractivity contribution is -0.118. The molecular weight excluding hydrogens is 336 g/mol. The van der Waals surface area contributed by atoms with Crippen LogP contribution in [0.15, 0.2) is 23.4 Å². The summed E-state index contributed by atoms with van der Waals surface area (Å²) in [6, 6.07) is 5.28. The van der Waals surface area contributed by atoms with Crippen LogP contribution in [-0.4, -0.2) is 40.5 Å². The van der Waals surface area contributed by atoms with Gasteiger partial charge in [0.2, 0.25) is 11.1 Å². The van der Waals surface area contributed by atoms with Gasteiger partial charge in [-0.05, 0) is 24.6 Å². The third-order valence-corrected chi connectivity index (χ3v) is 4.15. The molecule has 1 heterocycles. The summed E-state index contributed by atoms with van der Waals surface area (Å²) in [4.78, 5) is 16.1. The van der Waals surface area contributed by atoms with Crippen LogP contribution < -0.4 is 10.1 Å². The molecule has 0 aliphatic rings. The Balaban J connectivity index is 1.98. The van der Waals surface area contributed by atoms with Crippen LogP contribution in [0.4, 0.5) is 0 Å². The van der Waals surface area contributed by atoms with Crippen LogP contribution in [0.3, 0.4) is 0 Å². The number of aromatic nitrogens is 3. The molecule has 0 fully saturated rings. The van der Waals surface area contributed by atoms with Crippen LogP contribution in [0.1, 0.15) is 19.8 Å². The molecule has 0 aliphatic heterocycles. The Morgan fingerprint density at radius 2 is 2.30 bits per heavy atom. The number of methoxy groups -OCH3 is 1. The van der Waals surface area contributed by atoms with Crippen LogP contribution in [0, 0.1) is 0 Å². The van der Waals surface area contributed by atoms with Crippen molar-refractivity contribution in [3.05, 3.63) is 23.2 Å². The monoisotopic (exact) mass is 354 g/mol. The second kappa shape index (κ2) is 8.79. The molecule has 0 atom stereocenters. The van der Waals surface area contributed by atoms with E-state index in [4.69, 9.17) is 16.3 Å². The number of benzene rings is 1. The summed E-state index contributed by atoms with van der Waals surface area (Å²) < 4.78 is 5.30. The quantitative estimate of drug-likeness (QED) is 0.562. The molecule has 1 amide bonds. The van der Waals surface area contributed by atoms with Gasteiger partial charge in [-0.1, -0.05) is 36.7 Å². The predicted molar refractivity (Wildman–Crippen MR) is 92.0 cm³/mol. The summed E-state index contributed by atoms with van der Waals surface area (Å²) in [6.07, 6.45) is 2.04. The third-order valence-electron chi connectivity index (χ3n) is 3.07. The van der Waals surface area contributed by atoms with Gasteiger partial charge in [-0.15, -0.1) is 5.10 Å². The van der Waals surface area contributed by atoms with Crippen molar-refractivity contribution in [2.75, 3.05) is 19.4 Å². The zero-order chi connectivity index (χ0) is 16.7. The molecule has 0 unspecified atom stereocenters. The number of amides is 1. The first kappa shape index (κ1) is 17.6. The van der Waals surface area contributed by atoms with Crippen molar-refractivity contribution in [1.82, 2.24) is 20.5 Å². The zero-order valence-corrected chi connectivity index (χ0v) is 14.6. The number of halogens is 1. The van der Waals surface area contributed by atoms with E-state index in [9.17, 15) is 4.79 Å². The minimum absolute atomic E-state index is 0.0184. The number of hydrogen-bond donors (Lipinski definition) is 2. The largest absolute Gasteiger partial charge is 0.496 e. The van der Waals surface area contributed by atoms with Gasteiger partial charge in [0.15, 0.2) is 5.82 Å². The van der Waals surface area contributed by atoms with Crippen molar-refractivity contribution in [2.45, 2.75) is 24.9 Å². The SMILES string of the molecule is CCCCNC(=O)CSc1n[nH]c(-c2cc(Cl)ccc2OC)n1. The van der Waals surface area contributed by atoms with Gasteiger partial charge in [0.05, 0.1) is 18.4 Å². The first-order valence-corrected chi connectivity index (χ1v) is 8.66. The Labute approximate surface area is 144 Å². The van der Waals surface area contributed by atoms with E-state index >= 15 is 0 Å². The van der Waals surface area contributed by atoms with E-state index in [1.807, 2.05) is 0 Å². The maximum Gasteiger partial charge on any atom is 0.230 e. The average Bonchev–Trinajstić information content (AvgIpc) is 3.02. The molecular formula is C15H19ClN4O2S. The standard InChI is InChI=1S/C15H19ClN4O2S/c1-3-4-7-17-13(21)9-23-15-18-14(19-20-15)11-8-10(16)5-6-12(11)22-2/h5-6,8H,3-4,7,9H2,1-2H3,(H,17,21)(H,18,19,20). The van der Waals surface area contributed by atoms with E-state index < -0.39 is 0 Å². The molecule has 8 heteroatoms. The summed E-state index contributed by atoms with van der Waals surface area (Å²) in [5, 5.41) is 10.9. The Hall–Kier alpha value is -1.73. The third kappa shape index (κ3) is 5.14. The van der Waals surface area contributed by atoms with E-state index in [1.165, 1.54) is 11.8 Å². The number of nitrogens with one attached hydrogen (secondary N) is 2. The van der Waals surface area contributed by atoms with Gasteiger partial charge in [0.1, 0.15) is 5.75 Å². The fourth-order valence-electron chi connectivity index (χ4n) is 1.88. The summed E-state index contributed by atoms with van der Waals surface area (Å²) >= 11 is 7.30. The minimum atomic E-state index is -0.0184. The number of rotatable bonds is 8. The number of thioether (sulfide) groups is 1. The molecule has 2 N–H and O–H groups in total. The van der Waals surface area contributed by atoms with Gasteiger partial charge < -0.3 is 10.1 Å². The van der Waals surface area contributed by atoms with Crippen molar-refractivity contribution in [2.24, 2.45) is 0 Å². The van der Waals surface area contributed by atoms with Crippen molar-refractivity contribution in [3.63, 3.8) is 0 Å². The average molecular weight is 355 g/mol. The predicted octanol–water partition coefficient (Wildman–Crippen LogP) is 3.14. The Kier molecular flexibility index (Phi) is 6.73. The van der Waals surface area contributed by atoms with Crippen molar-refractivity contribution in [1.29, 1.82) is 0 Å². The summed E-state index contributed by atoms with van der Waals surface area (Å²) in [5.41, 5.74) is 0.728. The lowest BCUT2D eigenvalue weighted by Gasteiger charge is -2.05. The topological polar surface area (TPSA) is 79.9 Å². The van der Waals surface area contributed by atoms with Gasteiger partial charge in [-0.2, -0.15) is 0 Å². The molecule has 0 saturated carbocycles. The Bertz CT molecular complexity index is 663. The Morgan fingerprint density at radius 3 is 3.04 bits per heavy atom. The van der Waals surface area contributed by atoms with Crippen LogP contribution >= 0.6 is 23.4 Å². The number of unbranched alkanes of at least 4 members (excludes halogenated alkanes) is 1. The highest BCUT2D eigenvalue weighted by Gasteiger charge is 2.13. The van der Waals surface area contributed by atoms with Gasteiger partial charge in [-0.3, -0.25) is 9.89 Å². The molecule has 23 heavy (non-hydrogen) atoms. The molecule has 6 nitrogen and oxygen atoms in total. The first-order valence-electron chi connectivity index (χ1n) is 7.29. The van der Waals surface area contributed by atoms with Gasteiger partial charge >= 0.3 is 0 Å². The van der Waals surface area contributed by atoms with E-state index in [2.05, 4.69) is 27.4 Å². The molecule has 2 rings (SSSR count). The number of nitrogens with zero attached hydrogens (tertiary/aromatic N) is 2.